The fourth-order valence-corrected chi connectivity index (χ4v) is 1.44. The van der Waals surface area contributed by atoms with Gasteiger partial charge in [-0.25, -0.2) is 0 Å². The van der Waals surface area contributed by atoms with E-state index in [-0.39, 0.29) is 11.9 Å². The van der Waals surface area contributed by atoms with E-state index in [1.54, 1.807) is 21.1 Å². The second-order valence-corrected chi connectivity index (χ2v) is 4.16. The topological polar surface area (TPSA) is 71.6 Å². The normalized spacial score (nSPS) is 11.7. The van der Waals surface area contributed by atoms with Crippen LogP contribution in [0.3, 0.4) is 0 Å². The summed E-state index contributed by atoms with van der Waals surface area (Å²) in [5, 5.41) is 9.12. The molecule has 0 saturated heterocycles. The molecule has 0 aliphatic heterocycles. The lowest BCUT2D eigenvalue weighted by molar-refractivity contribution is -0.122. The number of hydrogen-bond donors (Lipinski definition) is 3. The average Bonchev–Trinajstić information content (AvgIpc) is 2.34. The predicted octanol–water partition coefficient (Wildman–Crippen LogP) is -0.362. The van der Waals surface area contributed by atoms with Gasteiger partial charge >= 0.3 is 0 Å². The molecule has 0 aromatic heterocycles. The van der Waals surface area contributed by atoms with E-state index in [9.17, 15) is 4.79 Å². The first-order valence-electron chi connectivity index (χ1n) is 5.91. The monoisotopic (exact) mass is 277 g/mol. The third kappa shape index (κ3) is 9.15. The van der Waals surface area contributed by atoms with Crippen molar-refractivity contribution in [1.29, 1.82) is 0 Å². The third-order valence-corrected chi connectivity index (χ3v) is 2.42. The van der Waals surface area contributed by atoms with Gasteiger partial charge in [0.1, 0.15) is 6.04 Å². The third-order valence-electron chi connectivity index (χ3n) is 2.16. The molecule has 106 valence electrons. The summed E-state index contributed by atoms with van der Waals surface area (Å²) in [6.45, 7) is 4.15. The number of amides is 1. The van der Waals surface area contributed by atoms with Crippen LogP contribution in [-0.2, 0) is 14.3 Å². The average molecular weight is 277 g/mol. The number of carbonyl (C=O) groups is 1. The molecule has 0 heterocycles. The Kier molecular flexibility index (Phi) is 10.6. The van der Waals surface area contributed by atoms with Gasteiger partial charge < -0.3 is 25.4 Å². The first-order valence-corrected chi connectivity index (χ1v) is 6.32. The van der Waals surface area contributed by atoms with Gasteiger partial charge in [0.25, 0.3) is 0 Å². The maximum atomic E-state index is 11.6. The molecule has 0 radical (unpaired) electrons. The van der Waals surface area contributed by atoms with Crippen LogP contribution in [-0.4, -0.2) is 57.6 Å². The zero-order chi connectivity index (χ0) is 13.8. The minimum absolute atomic E-state index is 0.104. The van der Waals surface area contributed by atoms with E-state index in [1.807, 2.05) is 0 Å². The highest BCUT2D eigenvalue weighted by Crippen LogP contribution is 1.84. The van der Waals surface area contributed by atoms with Gasteiger partial charge in [-0.15, -0.1) is 0 Å². The number of ether oxygens (including phenoxy) is 2. The number of carbonyl (C=O) groups excluding carboxylic acids is 1. The lowest BCUT2D eigenvalue weighted by Gasteiger charge is -2.16. The molecule has 0 aliphatic rings. The Balaban J connectivity index is 3.68. The molecule has 1 atom stereocenters. The zero-order valence-corrected chi connectivity index (χ0v) is 12.1. The van der Waals surface area contributed by atoms with Crippen LogP contribution >= 0.6 is 12.2 Å². The maximum Gasteiger partial charge on any atom is 0.242 e. The predicted molar refractivity (Wildman–Crippen MR) is 74.6 cm³/mol. The summed E-state index contributed by atoms with van der Waals surface area (Å²) in [5.41, 5.74) is 0. The number of rotatable bonds is 9. The van der Waals surface area contributed by atoms with Gasteiger partial charge in [0.05, 0.1) is 6.61 Å². The molecule has 0 aromatic rings. The van der Waals surface area contributed by atoms with Crippen molar-refractivity contribution in [1.82, 2.24) is 16.0 Å². The van der Waals surface area contributed by atoms with Crippen molar-refractivity contribution < 1.29 is 14.3 Å². The van der Waals surface area contributed by atoms with E-state index >= 15 is 0 Å². The first kappa shape index (κ1) is 17.1. The summed E-state index contributed by atoms with van der Waals surface area (Å²) in [6, 6.07) is -0.371. The van der Waals surface area contributed by atoms with E-state index in [1.165, 1.54) is 0 Å². The van der Waals surface area contributed by atoms with E-state index < -0.39 is 0 Å². The summed E-state index contributed by atoms with van der Waals surface area (Å²) >= 11 is 5.07. The molecule has 0 spiro atoms. The molecule has 7 heteroatoms. The second-order valence-electron chi connectivity index (χ2n) is 3.75. The van der Waals surface area contributed by atoms with Gasteiger partial charge in [0, 0.05) is 33.9 Å². The second kappa shape index (κ2) is 11.2. The molecule has 0 rings (SSSR count). The smallest absolute Gasteiger partial charge is 0.242 e. The van der Waals surface area contributed by atoms with Crippen molar-refractivity contribution in [3.63, 3.8) is 0 Å². The quantitative estimate of drug-likeness (QED) is 0.395. The fraction of sp³-hybridized carbons (Fsp3) is 0.818. The Morgan fingerprint density at radius 2 is 1.83 bits per heavy atom. The largest absolute Gasteiger partial charge is 0.385 e. The Hall–Kier alpha value is -0.920. The van der Waals surface area contributed by atoms with Gasteiger partial charge in [-0.05, 0) is 25.6 Å². The van der Waals surface area contributed by atoms with Crippen molar-refractivity contribution in [3.05, 3.63) is 0 Å². The molecule has 0 saturated carbocycles. The van der Waals surface area contributed by atoms with Gasteiger partial charge in [0.2, 0.25) is 5.91 Å². The number of hydrogen-bond acceptors (Lipinski definition) is 4. The highest BCUT2D eigenvalue weighted by molar-refractivity contribution is 7.80. The summed E-state index contributed by atoms with van der Waals surface area (Å²) in [6.07, 6.45) is 0.868. The van der Waals surface area contributed by atoms with Crippen molar-refractivity contribution in [3.8, 4) is 0 Å². The van der Waals surface area contributed by atoms with Gasteiger partial charge in [-0.2, -0.15) is 0 Å². The molecule has 18 heavy (non-hydrogen) atoms. The molecule has 3 N–H and O–H groups in total. The van der Waals surface area contributed by atoms with Crippen LogP contribution in [0.4, 0.5) is 0 Å². The van der Waals surface area contributed by atoms with Crippen LogP contribution in [0.25, 0.3) is 0 Å². The standard InChI is InChI=1S/C11H23N3O3S/c1-9(10(15)12-6-8-17-3)14-11(18)13-5-4-7-16-2/h9H,4-8H2,1-3H3,(H,12,15)(H2,13,14,18). The zero-order valence-electron chi connectivity index (χ0n) is 11.2. The maximum absolute atomic E-state index is 11.6. The SMILES string of the molecule is COCCCNC(=S)NC(C)C(=O)NCCOC. The van der Waals surface area contributed by atoms with Crippen LogP contribution in [0.2, 0.25) is 0 Å². The Labute approximate surface area is 114 Å². The molecule has 1 unspecified atom stereocenters. The number of nitrogens with one attached hydrogen (secondary N) is 3. The van der Waals surface area contributed by atoms with Gasteiger partial charge in [0.15, 0.2) is 5.11 Å². The van der Waals surface area contributed by atoms with Gasteiger partial charge in [-0.3, -0.25) is 4.79 Å². The summed E-state index contributed by atoms with van der Waals surface area (Å²) in [4.78, 5) is 11.6. The van der Waals surface area contributed by atoms with Crippen LogP contribution in [0.5, 0.6) is 0 Å². The van der Waals surface area contributed by atoms with E-state index in [2.05, 4.69) is 16.0 Å². The number of thiocarbonyl (C=S) groups is 1. The van der Waals surface area contributed by atoms with E-state index in [0.717, 1.165) is 13.0 Å². The minimum atomic E-state index is -0.371. The molecule has 0 aliphatic carbocycles. The van der Waals surface area contributed by atoms with Crippen LogP contribution < -0.4 is 16.0 Å². The van der Waals surface area contributed by atoms with Crippen LogP contribution in [0.1, 0.15) is 13.3 Å². The van der Waals surface area contributed by atoms with Crippen molar-refractivity contribution in [2.75, 3.05) is 40.5 Å². The van der Waals surface area contributed by atoms with Crippen molar-refractivity contribution in [2.45, 2.75) is 19.4 Å². The lowest BCUT2D eigenvalue weighted by atomic mass is 10.3. The van der Waals surface area contributed by atoms with Gasteiger partial charge in [-0.1, -0.05) is 0 Å². The molecular formula is C11H23N3O3S. The van der Waals surface area contributed by atoms with E-state index in [0.29, 0.717) is 24.9 Å². The fourth-order valence-electron chi connectivity index (χ4n) is 1.16. The highest BCUT2D eigenvalue weighted by Gasteiger charge is 2.12. The Morgan fingerprint density at radius 3 is 2.44 bits per heavy atom. The molecule has 0 bridgehead atoms. The molecule has 6 nitrogen and oxygen atoms in total. The lowest BCUT2D eigenvalue weighted by Crippen LogP contribution is -2.49. The molecule has 0 aromatic carbocycles. The Morgan fingerprint density at radius 1 is 1.17 bits per heavy atom. The highest BCUT2D eigenvalue weighted by atomic mass is 32.1. The minimum Gasteiger partial charge on any atom is -0.385 e. The van der Waals surface area contributed by atoms with Crippen molar-refractivity contribution in [2.24, 2.45) is 0 Å². The van der Waals surface area contributed by atoms with Crippen LogP contribution in [0, 0.1) is 0 Å². The molecular weight excluding hydrogens is 254 g/mol. The molecule has 0 fully saturated rings. The molecule has 1 amide bonds. The first-order chi connectivity index (χ1) is 8.61. The summed E-state index contributed by atoms with van der Waals surface area (Å²) in [5.74, 6) is -0.104. The summed E-state index contributed by atoms with van der Waals surface area (Å²) < 4.78 is 9.76. The van der Waals surface area contributed by atoms with Crippen molar-refractivity contribution >= 4 is 23.2 Å². The number of methoxy groups -OCH3 is 2. The Bertz CT molecular complexity index is 252. The van der Waals surface area contributed by atoms with Crippen LogP contribution in [0.15, 0.2) is 0 Å². The van der Waals surface area contributed by atoms with E-state index in [4.69, 9.17) is 21.7 Å². The summed E-state index contributed by atoms with van der Waals surface area (Å²) in [7, 11) is 3.25.